The number of hydrogen-bond donors (Lipinski definition) is 2. The van der Waals surface area contributed by atoms with Crippen LogP contribution in [0.15, 0.2) is 0 Å². The van der Waals surface area contributed by atoms with Crippen molar-refractivity contribution in [2.45, 2.75) is 58.5 Å². The molecule has 4 nitrogen and oxygen atoms in total. The van der Waals surface area contributed by atoms with Gasteiger partial charge < -0.3 is 10.6 Å². The number of nitrogens with one attached hydrogen (secondary N) is 2. The van der Waals surface area contributed by atoms with Gasteiger partial charge in [-0.3, -0.25) is 9.59 Å². The van der Waals surface area contributed by atoms with Crippen LogP contribution in [0.25, 0.3) is 0 Å². The number of hydrogen-bond acceptors (Lipinski definition) is 2. The van der Waals surface area contributed by atoms with E-state index >= 15 is 0 Å². The zero-order chi connectivity index (χ0) is 12.3. The van der Waals surface area contributed by atoms with Gasteiger partial charge in [0.05, 0.1) is 0 Å². The van der Waals surface area contributed by atoms with Gasteiger partial charge in [0.15, 0.2) is 0 Å². The topological polar surface area (TPSA) is 58.2 Å². The van der Waals surface area contributed by atoms with Crippen LogP contribution in [0.4, 0.5) is 0 Å². The normalized spacial score (nSPS) is 18.5. The quantitative estimate of drug-likeness (QED) is 0.760. The minimum Gasteiger partial charge on any atom is -0.350 e. The number of amides is 2. The van der Waals surface area contributed by atoms with Gasteiger partial charge in [-0.2, -0.15) is 0 Å². The molecule has 0 heterocycles. The molecule has 1 aliphatic rings. The van der Waals surface area contributed by atoms with Gasteiger partial charge in [0.1, 0.15) is 6.04 Å². The fraction of sp³-hybridized carbons (Fsp3) is 0.833. The molecule has 1 fully saturated rings. The first-order chi connectivity index (χ1) is 7.29. The Morgan fingerprint density at radius 2 is 1.81 bits per heavy atom. The summed E-state index contributed by atoms with van der Waals surface area (Å²) < 4.78 is 0. The first-order valence-electron chi connectivity index (χ1n) is 5.92. The van der Waals surface area contributed by atoms with Gasteiger partial charge in [-0.25, -0.2) is 0 Å². The summed E-state index contributed by atoms with van der Waals surface area (Å²) in [6.45, 7) is 7.49. The zero-order valence-corrected chi connectivity index (χ0v) is 10.6. The number of carbonyl (C=O) groups is 2. The molecule has 0 bridgehead atoms. The average molecular weight is 226 g/mol. The average Bonchev–Trinajstić information content (AvgIpc) is 1.96. The highest BCUT2D eigenvalue weighted by Crippen LogP contribution is 2.26. The van der Waals surface area contributed by atoms with Gasteiger partial charge in [-0.1, -0.05) is 6.42 Å². The van der Waals surface area contributed by atoms with E-state index in [2.05, 4.69) is 10.6 Å². The lowest BCUT2D eigenvalue weighted by molar-refractivity contribution is -0.132. The maximum absolute atomic E-state index is 11.7. The van der Waals surface area contributed by atoms with Gasteiger partial charge in [-0.05, 0) is 40.5 Å². The molecule has 1 aliphatic carbocycles. The Labute approximate surface area is 97.2 Å². The smallest absolute Gasteiger partial charge is 0.242 e. The highest BCUT2D eigenvalue weighted by atomic mass is 16.2. The highest BCUT2D eigenvalue weighted by Gasteiger charge is 2.28. The van der Waals surface area contributed by atoms with Crippen LogP contribution in [0, 0.1) is 5.92 Å². The summed E-state index contributed by atoms with van der Waals surface area (Å²) in [5.41, 5.74) is -0.257. The third-order valence-electron chi connectivity index (χ3n) is 2.73. The second-order valence-electron chi connectivity index (χ2n) is 5.60. The van der Waals surface area contributed by atoms with Crippen molar-refractivity contribution < 1.29 is 9.59 Å². The Morgan fingerprint density at radius 3 is 2.19 bits per heavy atom. The molecular weight excluding hydrogens is 204 g/mol. The third-order valence-corrected chi connectivity index (χ3v) is 2.73. The lowest BCUT2D eigenvalue weighted by atomic mass is 9.84. The Hall–Kier alpha value is -1.06. The molecule has 0 aromatic carbocycles. The summed E-state index contributed by atoms with van der Waals surface area (Å²) in [7, 11) is 0. The molecule has 0 radical (unpaired) electrons. The molecule has 16 heavy (non-hydrogen) atoms. The van der Waals surface area contributed by atoms with Gasteiger partial charge in [0.25, 0.3) is 0 Å². The molecule has 0 aliphatic heterocycles. The Kier molecular flexibility index (Phi) is 3.94. The van der Waals surface area contributed by atoms with Gasteiger partial charge in [0, 0.05) is 11.5 Å². The molecule has 2 N–H and O–H groups in total. The number of carbonyl (C=O) groups excluding carboxylic acids is 2. The minimum absolute atomic E-state index is 0.0165. The van der Waals surface area contributed by atoms with Crippen LogP contribution in [0.2, 0.25) is 0 Å². The van der Waals surface area contributed by atoms with Crippen molar-refractivity contribution in [1.29, 1.82) is 0 Å². The standard InChI is InChI=1S/C12H22N2O2/c1-8(10(15)14-12(2,3)4)13-11(16)9-6-5-7-9/h8-9H,5-7H2,1-4H3,(H,13,16)(H,14,15)/t8-/m1/s1. The van der Waals surface area contributed by atoms with Crippen LogP contribution in [0.5, 0.6) is 0 Å². The summed E-state index contributed by atoms with van der Waals surface area (Å²) in [6, 6.07) is -0.452. The van der Waals surface area contributed by atoms with E-state index in [9.17, 15) is 9.59 Å². The van der Waals surface area contributed by atoms with Crippen LogP contribution >= 0.6 is 0 Å². The van der Waals surface area contributed by atoms with Crippen LogP contribution in [0.1, 0.15) is 47.0 Å². The van der Waals surface area contributed by atoms with E-state index in [1.165, 1.54) is 0 Å². The Balaban J connectivity index is 2.36. The summed E-state index contributed by atoms with van der Waals surface area (Å²) in [6.07, 6.45) is 3.04. The van der Waals surface area contributed by atoms with Crippen LogP contribution in [-0.4, -0.2) is 23.4 Å². The molecule has 0 spiro atoms. The predicted octanol–water partition coefficient (Wildman–Crippen LogP) is 1.21. The number of rotatable bonds is 3. The molecule has 0 aromatic heterocycles. The lowest BCUT2D eigenvalue weighted by Crippen LogP contribution is -2.52. The SMILES string of the molecule is C[C@@H](NC(=O)C1CCC1)C(=O)NC(C)(C)C. The molecular formula is C12H22N2O2. The second-order valence-corrected chi connectivity index (χ2v) is 5.60. The van der Waals surface area contributed by atoms with E-state index in [0.29, 0.717) is 0 Å². The highest BCUT2D eigenvalue weighted by molar-refractivity contribution is 5.88. The van der Waals surface area contributed by atoms with Crippen molar-refractivity contribution >= 4 is 11.8 Å². The Bertz CT molecular complexity index is 277. The van der Waals surface area contributed by atoms with Crippen molar-refractivity contribution in [3.05, 3.63) is 0 Å². The predicted molar refractivity (Wildman–Crippen MR) is 62.8 cm³/mol. The van der Waals surface area contributed by atoms with Crippen LogP contribution < -0.4 is 10.6 Å². The maximum Gasteiger partial charge on any atom is 0.242 e. The summed E-state index contributed by atoms with van der Waals surface area (Å²) in [4.78, 5) is 23.3. The van der Waals surface area contributed by atoms with Crippen molar-refractivity contribution in [2.75, 3.05) is 0 Å². The molecule has 92 valence electrons. The summed E-state index contributed by atoms with van der Waals surface area (Å²) in [5.74, 6) is 0.0212. The summed E-state index contributed by atoms with van der Waals surface area (Å²) >= 11 is 0. The molecule has 2 amide bonds. The zero-order valence-electron chi connectivity index (χ0n) is 10.6. The van der Waals surface area contributed by atoms with Crippen LogP contribution in [-0.2, 0) is 9.59 Å². The molecule has 1 atom stereocenters. The van der Waals surface area contributed by atoms with Crippen molar-refractivity contribution in [1.82, 2.24) is 10.6 Å². The minimum atomic E-state index is -0.452. The first kappa shape index (κ1) is 13.0. The second kappa shape index (κ2) is 4.85. The van der Waals surface area contributed by atoms with E-state index in [0.717, 1.165) is 19.3 Å². The van der Waals surface area contributed by atoms with Crippen molar-refractivity contribution in [2.24, 2.45) is 5.92 Å². The summed E-state index contributed by atoms with van der Waals surface area (Å²) in [5, 5.41) is 5.60. The molecule has 0 unspecified atom stereocenters. The van der Waals surface area contributed by atoms with E-state index in [1.807, 2.05) is 20.8 Å². The van der Waals surface area contributed by atoms with Crippen molar-refractivity contribution in [3.8, 4) is 0 Å². The lowest BCUT2D eigenvalue weighted by Gasteiger charge is -2.27. The Morgan fingerprint density at radius 1 is 1.25 bits per heavy atom. The fourth-order valence-electron chi connectivity index (χ4n) is 1.55. The van der Waals surface area contributed by atoms with Crippen LogP contribution in [0.3, 0.4) is 0 Å². The third kappa shape index (κ3) is 3.83. The molecule has 1 saturated carbocycles. The first-order valence-corrected chi connectivity index (χ1v) is 5.92. The maximum atomic E-state index is 11.7. The van der Waals surface area contributed by atoms with E-state index in [-0.39, 0.29) is 23.3 Å². The van der Waals surface area contributed by atoms with E-state index in [4.69, 9.17) is 0 Å². The van der Waals surface area contributed by atoms with Crippen molar-refractivity contribution in [3.63, 3.8) is 0 Å². The molecule has 4 heteroatoms. The van der Waals surface area contributed by atoms with E-state index in [1.54, 1.807) is 6.92 Å². The van der Waals surface area contributed by atoms with Gasteiger partial charge in [0.2, 0.25) is 11.8 Å². The largest absolute Gasteiger partial charge is 0.350 e. The fourth-order valence-corrected chi connectivity index (χ4v) is 1.55. The van der Waals surface area contributed by atoms with Gasteiger partial charge in [-0.15, -0.1) is 0 Å². The van der Waals surface area contributed by atoms with Gasteiger partial charge >= 0.3 is 0 Å². The molecule has 0 aromatic rings. The monoisotopic (exact) mass is 226 g/mol. The molecule has 1 rings (SSSR count). The molecule has 0 saturated heterocycles. The van der Waals surface area contributed by atoms with E-state index < -0.39 is 6.04 Å².